The van der Waals surface area contributed by atoms with Crippen LogP contribution in [0.3, 0.4) is 0 Å². The molecule has 3 aromatic rings. The molecule has 1 aromatic carbocycles. The van der Waals surface area contributed by atoms with Crippen LogP contribution in [0.2, 0.25) is 5.02 Å². The Morgan fingerprint density at radius 1 is 1.14 bits per heavy atom. The van der Waals surface area contributed by atoms with E-state index in [1.165, 1.54) is 16.6 Å². The average molecular weight is 433 g/mol. The Balaban J connectivity index is 1.54. The Hall–Kier alpha value is -2.66. The largest absolute Gasteiger partial charge is 0.369 e. The Labute approximate surface area is 172 Å². The Kier molecular flexibility index (Phi) is 5.67. The molecule has 0 spiro atoms. The molecule has 1 aliphatic heterocycles. The fourth-order valence-electron chi connectivity index (χ4n) is 2.89. The van der Waals surface area contributed by atoms with E-state index in [-0.39, 0.29) is 29.6 Å². The molecule has 3 heterocycles. The fourth-order valence-corrected chi connectivity index (χ4v) is 4.81. The summed E-state index contributed by atoms with van der Waals surface area (Å²) in [7, 11) is -3.75. The molecule has 0 aliphatic carbocycles. The van der Waals surface area contributed by atoms with Crippen LogP contribution in [0.5, 0.6) is 0 Å². The third-order valence-corrected chi connectivity index (χ3v) is 6.64. The van der Waals surface area contributed by atoms with Crippen LogP contribution in [0.25, 0.3) is 0 Å². The third kappa shape index (κ3) is 4.35. The summed E-state index contributed by atoms with van der Waals surface area (Å²) in [5.74, 6) is 0.815. The molecule has 1 fully saturated rings. The molecule has 1 aliphatic rings. The minimum absolute atomic E-state index is 0.0741. The van der Waals surface area contributed by atoms with Gasteiger partial charge in [-0.3, -0.25) is 4.98 Å². The van der Waals surface area contributed by atoms with Gasteiger partial charge in [-0.15, -0.1) is 0 Å². The van der Waals surface area contributed by atoms with E-state index in [1.54, 1.807) is 42.9 Å². The molecule has 0 saturated carbocycles. The van der Waals surface area contributed by atoms with Crippen LogP contribution >= 0.6 is 11.6 Å². The summed E-state index contributed by atoms with van der Waals surface area (Å²) >= 11 is 6.10. The van der Waals surface area contributed by atoms with E-state index >= 15 is 0 Å². The van der Waals surface area contributed by atoms with Crippen LogP contribution in [0.1, 0.15) is 11.8 Å². The van der Waals surface area contributed by atoms with Crippen LogP contribution in [-0.2, 0) is 14.8 Å². The fraction of sp³-hybridized carbons (Fsp3) is 0.222. The molecule has 0 amide bonds. The van der Waals surface area contributed by atoms with Crippen molar-refractivity contribution in [3.63, 3.8) is 0 Å². The molecule has 9 nitrogen and oxygen atoms in total. The van der Waals surface area contributed by atoms with E-state index in [4.69, 9.17) is 16.3 Å². The highest BCUT2D eigenvalue weighted by Gasteiger charge is 2.33. The van der Waals surface area contributed by atoms with Crippen molar-refractivity contribution in [1.29, 1.82) is 0 Å². The predicted molar refractivity (Wildman–Crippen MR) is 106 cm³/mol. The number of sulfonamides is 1. The number of ether oxygens (including phenoxy) is 1. The number of anilines is 2. The third-order valence-electron chi connectivity index (χ3n) is 4.27. The quantitative estimate of drug-likeness (QED) is 0.654. The van der Waals surface area contributed by atoms with Gasteiger partial charge < -0.3 is 10.1 Å². The van der Waals surface area contributed by atoms with Gasteiger partial charge in [-0.1, -0.05) is 23.7 Å². The van der Waals surface area contributed by atoms with Gasteiger partial charge in [0.2, 0.25) is 16.0 Å². The number of benzene rings is 1. The Morgan fingerprint density at radius 2 is 1.93 bits per heavy atom. The zero-order chi connectivity index (χ0) is 20.3. The summed E-state index contributed by atoms with van der Waals surface area (Å²) in [4.78, 5) is 16.9. The van der Waals surface area contributed by atoms with E-state index in [1.807, 2.05) is 0 Å². The van der Waals surface area contributed by atoms with Gasteiger partial charge in [0, 0.05) is 25.5 Å². The summed E-state index contributed by atoms with van der Waals surface area (Å²) in [5.41, 5.74) is 0.505. The first-order valence-electron chi connectivity index (χ1n) is 8.76. The van der Waals surface area contributed by atoms with Gasteiger partial charge in [0.15, 0.2) is 5.82 Å². The van der Waals surface area contributed by atoms with Gasteiger partial charge in [0.1, 0.15) is 11.0 Å². The molecule has 1 N–H and O–H groups in total. The van der Waals surface area contributed by atoms with Crippen molar-refractivity contribution in [2.75, 3.05) is 25.0 Å². The van der Waals surface area contributed by atoms with Crippen LogP contribution in [0, 0.1) is 0 Å². The molecule has 1 saturated heterocycles. The van der Waals surface area contributed by atoms with Crippen molar-refractivity contribution in [2.24, 2.45) is 0 Å². The second-order valence-electron chi connectivity index (χ2n) is 6.18. The average Bonchev–Trinajstić information content (AvgIpc) is 2.75. The molecule has 4 rings (SSSR count). The highest BCUT2D eigenvalue weighted by molar-refractivity contribution is 7.89. The molecule has 11 heteroatoms. The van der Waals surface area contributed by atoms with E-state index in [0.717, 1.165) is 0 Å². The topological polar surface area (TPSA) is 110 Å². The summed E-state index contributed by atoms with van der Waals surface area (Å²) < 4.78 is 33.1. The maximum absolute atomic E-state index is 13.0. The van der Waals surface area contributed by atoms with Crippen molar-refractivity contribution in [1.82, 2.24) is 24.2 Å². The van der Waals surface area contributed by atoms with Gasteiger partial charge in [0.05, 0.1) is 29.7 Å². The lowest BCUT2D eigenvalue weighted by molar-refractivity contribution is -0.00506. The minimum Gasteiger partial charge on any atom is -0.369 e. The van der Waals surface area contributed by atoms with E-state index in [2.05, 4.69) is 25.3 Å². The number of nitrogens with zero attached hydrogens (tertiary/aromatic N) is 5. The lowest BCUT2D eigenvalue weighted by atomic mass is 10.2. The predicted octanol–water partition coefficient (Wildman–Crippen LogP) is 2.43. The van der Waals surface area contributed by atoms with Gasteiger partial charge in [-0.25, -0.2) is 23.4 Å². The smallest absolute Gasteiger partial charge is 0.244 e. The van der Waals surface area contributed by atoms with Crippen molar-refractivity contribution in [2.45, 2.75) is 11.0 Å². The van der Waals surface area contributed by atoms with Crippen LogP contribution in [-0.4, -0.2) is 52.4 Å². The Bertz CT molecular complexity index is 1100. The van der Waals surface area contributed by atoms with E-state index in [9.17, 15) is 8.42 Å². The number of halogens is 1. The lowest BCUT2D eigenvalue weighted by Gasteiger charge is -2.32. The van der Waals surface area contributed by atoms with E-state index < -0.39 is 16.1 Å². The number of aromatic nitrogens is 4. The Morgan fingerprint density at radius 3 is 2.72 bits per heavy atom. The normalized spacial score (nSPS) is 17.8. The monoisotopic (exact) mass is 432 g/mol. The van der Waals surface area contributed by atoms with Crippen molar-refractivity contribution < 1.29 is 13.2 Å². The summed E-state index contributed by atoms with van der Waals surface area (Å²) in [6.45, 7) is 0.566. The summed E-state index contributed by atoms with van der Waals surface area (Å²) in [5, 5.41) is 3.14. The molecular formula is C18H17ClN6O3S. The van der Waals surface area contributed by atoms with Crippen LogP contribution in [0.4, 0.5) is 11.8 Å². The van der Waals surface area contributed by atoms with Gasteiger partial charge in [-0.05, 0) is 18.2 Å². The molecule has 1 atom stereocenters. The lowest BCUT2D eigenvalue weighted by Crippen LogP contribution is -2.42. The SMILES string of the molecule is O=S(=O)(c1ccccc1Cl)N1CCO[C@@H](c2cncc(Nc3ncccn3)n2)C1. The zero-order valence-electron chi connectivity index (χ0n) is 15.1. The number of morpholine rings is 1. The number of hydrogen-bond donors (Lipinski definition) is 1. The molecule has 2 aromatic heterocycles. The highest BCUT2D eigenvalue weighted by atomic mass is 35.5. The zero-order valence-corrected chi connectivity index (χ0v) is 16.7. The molecular weight excluding hydrogens is 416 g/mol. The first-order chi connectivity index (χ1) is 14.0. The van der Waals surface area contributed by atoms with Gasteiger partial charge >= 0.3 is 0 Å². The van der Waals surface area contributed by atoms with Crippen molar-refractivity contribution in [3.05, 3.63) is 65.8 Å². The van der Waals surface area contributed by atoms with Gasteiger partial charge in [0.25, 0.3) is 0 Å². The highest BCUT2D eigenvalue weighted by Crippen LogP contribution is 2.29. The van der Waals surface area contributed by atoms with Crippen LogP contribution < -0.4 is 5.32 Å². The van der Waals surface area contributed by atoms with Crippen molar-refractivity contribution >= 4 is 33.4 Å². The minimum atomic E-state index is -3.75. The molecule has 150 valence electrons. The second-order valence-corrected chi connectivity index (χ2v) is 8.49. The standard InChI is InChI=1S/C18H17ClN6O3S/c19-13-4-1-2-5-16(13)29(26,27)25-8-9-28-15(12-25)14-10-20-11-17(23-14)24-18-21-6-3-7-22-18/h1-7,10-11,15H,8-9,12H2,(H,21,22,23,24)/t15-/m1/s1. The second kappa shape index (κ2) is 8.37. The van der Waals surface area contributed by atoms with Crippen molar-refractivity contribution in [3.8, 4) is 0 Å². The molecule has 0 bridgehead atoms. The first kappa shape index (κ1) is 19.6. The van der Waals surface area contributed by atoms with E-state index in [0.29, 0.717) is 17.5 Å². The molecule has 0 unspecified atom stereocenters. The first-order valence-corrected chi connectivity index (χ1v) is 10.6. The summed E-state index contributed by atoms with van der Waals surface area (Å²) in [6, 6.07) is 8.08. The maximum Gasteiger partial charge on any atom is 0.244 e. The number of hydrogen-bond acceptors (Lipinski definition) is 8. The molecule has 0 radical (unpaired) electrons. The number of nitrogens with one attached hydrogen (secondary N) is 1. The molecule has 29 heavy (non-hydrogen) atoms. The maximum atomic E-state index is 13.0. The van der Waals surface area contributed by atoms with Crippen LogP contribution in [0.15, 0.2) is 60.0 Å². The number of rotatable bonds is 5. The summed E-state index contributed by atoms with van der Waals surface area (Å²) in [6.07, 6.45) is 5.73. The van der Waals surface area contributed by atoms with Gasteiger partial charge in [-0.2, -0.15) is 4.31 Å².